The second-order valence-electron chi connectivity index (χ2n) is 6.59. The van der Waals surface area contributed by atoms with Gasteiger partial charge in [-0.15, -0.1) is 0 Å². The van der Waals surface area contributed by atoms with Crippen LogP contribution in [0.2, 0.25) is 0 Å². The van der Waals surface area contributed by atoms with E-state index in [-0.39, 0.29) is 11.8 Å². The van der Waals surface area contributed by atoms with Gasteiger partial charge in [0.15, 0.2) is 0 Å². The maximum absolute atomic E-state index is 12.9. The van der Waals surface area contributed by atoms with Crippen LogP contribution in [-0.2, 0) is 0 Å². The Morgan fingerprint density at radius 1 is 1.17 bits per heavy atom. The summed E-state index contributed by atoms with van der Waals surface area (Å²) >= 11 is 0. The largest absolute Gasteiger partial charge is 0.334 e. The number of hydrogen-bond donors (Lipinski definition) is 1. The van der Waals surface area contributed by atoms with Crippen LogP contribution in [0.1, 0.15) is 35.8 Å². The molecule has 1 aromatic heterocycles. The van der Waals surface area contributed by atoms with Crippen LogP contribution in [0.25, 0.3) is 5.69 Å². The number of rotatable bonds is 3. The summed E-state index contributed by atoms with van der Waals surface area (Å²) in [5, 5.41) is 4.50. The summed E-state index contributed by atoms with van der Waals surface area (Å²) in [5.41, 5.74) is 2.73. The van der Waals surface area contributed by atoms with Crippen molar-refractivity contribution in [3.63, 3.8) is 0 Å². The molecule has 1 fully saturated rings. The molecule has 0 unspecified atom stereocenters. The molecular weight excluding hydrogens is 288 g/mol. The van der Waals surface area contributed by atoms with E-state index in [0.29, 0.717) is 0 Å². The first-order chi connectivity index (χ1) is 11.1. The lowest BCUT2D eigenvalue weighted by molar-refractivity contribution is -0.883. The van der Waals surface area contributed by atoms with Crippen LogP contribution in [0.4, 0.5) is 0 Å². The van der Waals surface area contributed by atoms with Crippen molar-refractivity contribution >= 4 is 5.91 Å². The molecule has 0 aliphatic carbocycles. The van der Waals surface area contributed by atoms with Gasteiger partial charge in [-0.2, -0.15) is 5.10 Å². The van der Waals surface area contributed by atoms with Crippen molar-refractivity contribution in [1.29, 1.82) is 0 Å². The Bertz CT molecular complexity index is 670. The minimum absolute atomic E-state index is 0.114. The van der Waals surface area contributed by atoms with E-state index >= 15 is 0 Å². The van der Waals surface area contributed by atoms with Gasteiger partial charge < -0.3 is 9.80 Å². The number of benzene rings is 1. The number of aromatic nitrogens is 2. The lowest BCUT2D eigenvalue weighted by Gasteiger charge is -2.30. The Morgan fingerprint density at radius 3 is 2.43 bits per heavy atom. The number of piperazine rings is 1. The number of hydrogen-bond acceptors (Lipinski definition) is 2. The van der Waals surface area contributed by atoms with Crippen molar-refractivity contribution < 1.29 is 9.69 Å². The van der Waals surface area contributed by atoms with Crippen LogP contribution in [0, 0.1) is 0 Å². The average molecular weight is 313 g/mol. The molecule has 0 radical (unpaired) electrons. The van der Waals surface area contributed by atoms with Gasteiger partial charge in [-0.05, 0) is 18.1 Å². The highest BCUT2D eigenvalue weighted by atomic mass is 16.2. The van der Waals surface area contributed by atoms with Gasteiger partial charge >= 0.3 is 0 Å². The molecule has 1 aliphatic heterocycles. The van der Waals surface area contributed by atoms with E-state index in [1.807, 2.05) is 39.9 Å². The average Bonchev–Trinajstić information content (AvgIpc) is 3.01. The Kier molecular flexibility index (Phi) is 4.48. The molecule has 5 nitrogen and oxygen atoms in total. The molecule has 1 saturated heterocycles. The molecule has 2 heterocycles. The number of para-hydroxylation sites is 1. The Balaban J connectivity index is 1.94. The fourth-order valence-corrected chi connectivity index (χ4v) is 3.12. The van der Waals surface area contributed by atoms with Crippen LogP contribution < -0.4 is 4.90 Å². The summed E-state index contributed by atoms with van der Waals surface area (Å²) in [7, 11) is 2.18. The third-order valence-corrected chi connectivity index (χ3v) is 4.49. The number of likely N-dealkylation sites (N-methyl/N-ethyl adjacent to an activating group) is 1. The summed E-state index contributed by atoms with van der Waals surface area (Å²) < 4.78 is 1.90. The van der Waals surface area contributed by atoms with Crippen LogP contribution in [0.5, 0.6) is 0 Å². The van der Waals surface area contributed by atoms with Gasteiger partial charge in [0.25, 0.3) is 5.91 Å². The fourth-order valence-electron chi connectivity index (χ4n) is 3.12. The summed E-state index contributed by atoms with van der Waals surface area (Å²) in [6.45, 7) is 7.88. The summed E-state index contributed by atoms with van der Waals surface area (Å²) in [5.74, 6) is 0.345. The van der Waals surface area contributed by atoms with Gasteiger partial charge in [0, 0.05) is 0 Å². The SMILES string of the molecule is CC(C)c1c(C(=O)N2CC[NH+](C)CC2)cnn1-c1ccccc1. The zero-order valence-corrected chi connectivity index (χ0v) is 14.1. The normalized spacial score (nSPS) is 16.1. The maximum Gasteiger partial charge on any atom is 0.257 e. The predicted octanol–water partition coefficient (Wildman–Crippen LogP) is 0.966. The molecule has 1 N–H and O–H groups in total. The fraction of sp³-hybridized carbons (Fsp3) is 0.444. The van der Waals surface area contributed by atoms with Crippen LogP contribution >= 0.6 is 0 Å². The molecule has 23 heavy (non-hydrogen) atoms. The number of carbonyl (C=O) groups is 1. The van der Waals surface area contributed by atoms with E-state index in [0.717, 1.165) is 43.1 Å². The standard InChI is InChI=1S/C18H24N4O/c1-14(2)17-16(18(23)21-11-9-20(3)10-12-21)13-19-22(17)15-7-5-4-6-8-15/h4-8,13-14H,9-12H2,1-3H3/p+1. The Hall–Kier alpha value is -2.14. The molecule has 3 rings (SSSR count). The lowest BCUT2D eigenvalue weighted by Crippen LogP contribution is -3.12. The summed E-state index contributed by atoms with van der Waals surface area (Å²) in [4.78, 5) is 16.4. The van der Waals surface area contributed by atoms with Crippen LogP contribution in [-0.4, -0.2) is 53.8 Å². The quantitative estimate of drug-likeness (QED) is 0.917. The van der Waals surface area contributed by atoms with Crippen molar-refractivity contribution in [2.75, 3.05) is 33.2 Å². The van der Waals surface area contributed by atoms with Crippen LogP contribution in [0.15, 0.2) is 36.5 Å². The van der Waals surface area contributed by atoms with Crippen molar-refractivity contribution in [1.82, 2.24) is 14.7 Å². The van der Waals surface area contributed by atoms with Crippen LogP contribution in [0.3, 0.4) is 0 Å². The smallest absolute Gasteiger partial charge is 0.257 e. The maximum atomic E-state index is 12.9. The van der Waals surface area contributed by atoms with E-state index < -0.39 is 0 Å². The highest BCUT2D eigenvalue weighted by molar-refractivity contribution is 5.95. The van der Waals surface area contributed by atoms with E-state index in [4.69, 9.17) is 0 Å². The van der Waals surface area contributed by atoms with Gasteiger partial charge in [0.1, 0.15) is 0 Å². The van der Waals surface area contributed by atoms with Gasteiger partial charge in [0.2, 0.25) is 0 Å². The monoisotopic (exact) mass is 313 g/mol. The van der Waals surface area contributed by atoms with Crippen molar-refractivity contribution in [3.8, 4) is 5.69 Å². The van der Waals surface area contributed by atoms with Crippen molar-refractivity contribution in [2.45, 2.75) is 19.8 Å². The Morgan fingerprint density at radius 2 is 1.83 bits per heavy atom. The molecule has 1 amide bonds. The van der Waals surface area contributed by atoms with Gasteiger partial charge in [0.05, 0.1) is 56.4 Å². The topological polar surface area (TPSA) is 42.6 Å². The minimum atomic E-state index is 0.114. The number of quaternary nitrogens is 1. The second kappa shape index (κ2) is 6.54. The highest BCUT2D eigenvalue weighted by Crippen LogP contribution is 2.24. The van der Waals surface area contributed by atoms with E-state index in [1.54, 1.807) is 6.20 Å². The molecule has 0 atom stereocenters. The number of nitrogens with zero attached hydrogens (tertiary/aromatic N) is 3. The molecule has 1 aliphatic rings. The molecule has 122 valence electrons. The van der Waals surface area contributed by atoms with Crippen molar-refractivity contribution in [3.05, 3.63) is 47.8 Å². The van der Waals surface area contributed by atoms with E-state index in [9.17, 15) is 4.79 Å². The second-order valence-corrected chi connectivity index (χ2v) is 6.59. The lowest BCUT2D eigenvalue weighted by atomic mass is 10.0. The molecule has 0 saturated carbocycles. The van der Waals surface area contributed by atoms with Gasteiger partial charge in [-0.3, -0.25) is 4.79 Å². The molecule has 5 heteroatoms. The molecule has 0 bridgehead atoms. The molecule has 0 spiro atoms. The zero-order chi connectivity index (χ0) is 16.4. The van der Waals surface area contributed by atoms with Gasteiger partial charge in [-0.1, -0.05) is 32.0 Å². The molecule has 2 aromatic rings. The predicted molar refractivity (Wildman–Crippen MR) is 90.2 cm³/mol. The van der Waals surface area contributed by atoms with Gasteiger partial charge in [-0.25, -0.2) is 4.68 Å². The Labute approximate surface area is 137 Å². The number of amides is 1. The number of carbonyl (C=O) groups excluding carboxylic acids is 1. The first-order valence-corrected chi connectivity index (χ1v) is 8.32. The molecular formula is C18H25N4O+. The first kappa shape index (κ1) is 15.7. The summed E-state index contributed by atoms with van der Waals surface area (Å²) in [6, 6.07) is 10.0. The number of nitrogens with one attached hydrogen (secondary N) is 1. The van der Waals surface area contributed by atoms with Crippen molar-refractivity contribution in [2.24, 2.45) is 0 Å². The zero-order valence-electron chi connectivity index (χ0n) is 14.1. The third kappa shape index (κ3) is 3.15. The third-order valence-electron chi connectivity index (χ3n) is 4.49. The highest BCUT2D eigenvalue weighted by Gasteiger charge is 2.27. The first-order valence-electron chi connectivity index (χ1n) is 8.32. The minimum Gasteiger partial charge on any atom is -0.334 e. The van der Waals surface area contributed by atoms with E-state index in [2.05, 4.69) is 26.0 Å². The molecule has 1 aromatic carbocycles. The van der Waals surface area contributed by atoms with E-state index in [1.165, 1.54) is 4.90 Å². The summed E-state index contributed by atoms with van der Waals surface area (Å²) in [6.07, 6.45) is 1.73.